The Labute approximate surface area is 112 Å². The monoisotopic (exact) mass is 265 g/mol. The second-order valence-corrected chi connectivity index (χ2v) is 4.25. The maximum atomic E-state index is 12.3. The number of nitrogens with two attached hydrogens (primary N) is 1. The highest BCUT2D eigenvalue weighted by Gasteiger charge is 2.18. The first-order valence-corrected chi connectivity index (χ1v) is 6.04. The minimum absolute atomic E-state index is 0.0437. The molecule has 1 aromatic rings. The third-order valence-electron chi connectivity index (χ3n) is 2.82. The number of aromatic hydroxyl groups is 1. The molecule has 6 heteroatoms. The van der Waals surface area contributed by atoms with E-state index < -0.39 is 0 Å². The number of phenols is 1. The fourth-order valence-electron chi connectivity index (χ4n) is 1.69. The highest BCUT2D eigenvalue weighted by atomic mass is 16.4. The zero-order valence-corrected chi connectivity index (χ0v) is 11.1. The smallest absolute Gasteiger partial charge is 0.257 e. The Morgan fingerprint density at radius 3 is 2.74 bits per heavy atom. The Bertz CT molecular complexity index is 486. The molecule has 0 bridgehead atoms. The summed E-state index contributed by atoms with van der Waals surface area (Å²) in [5, 5.41) is 21.1. The molecular formula is C13H19N3O3. The van der Waals surface area contributed by atoms with Gasteiger partial charge >= 0.3 is 0 Å². The summed E-state index contributed by atoms with van der Waals surface area (Å²) >= 11 is 0. The van der Waals surface area contributed by atoms with Crippen LogP contribution in [0.1, 0.15) is 29.3 Å². The quantitative estimate of drug-likeness (QED) is 0.323. The summed E-state index contributed by atoms with van der Waals surface area (Å²) in [6.07, 6.45) is 0.280. The number of hydrogen-bond donors (Lipinski definition) is 3. The van der Waals surface area contributed by atoms with Gasteiger partial charge in [0.2, 0.25) is 0 Å². The van der Waals surface area contributed by atoms with E-state index >= 15 is 0 Å². The molecule has 0 radical (unpaired) electrons. The molecule has 1 rings (SSSR count). The van der Waals surface area contributed by atoms with Gasteiger partial charge in [-0.2, -0.15) is 0 Å². The van der Waals surface area contributed by atoms with E-state index in [0.29, 0.717) is 13.1 Å². The van der Waals surface area contributed by atoms with E-state index in [2.05, 4.69) is 5.16 Å². The molecule has 0 heterocycles. The second kappa shape index (κ2) is 6.63. The number of hydrogen-bond acceptors (Lipinski definition) is 4. The molecule has 0 aliphatic carbocycles. The van der Waals surface area contributed by atoms with Crippen LogP contribution in [0.3, 0.4) is 0 Å². The van der Waals surface area contributed by atoms with Crippen LogP contribution in [0.5, 0.6) is 5.75 Å². The Hall–Kier alpha value is -2.24. The first-order valence-electron chi connectivity index (χ1n) is 6.04. The van der Waals surface area contributed by atoms with E-state index in [1.807, 2.05) is 13.8 Å². The van der Waals surface area contributed by atoms with Gasteiger partial charge in [-0.3, -0.25) is 4.79 Å². The lowest BCUT2D eigenvalue weighted by molar-refractivity contribution is 0.0765. The largest absolute Gasteiger partial charge is 0.507 e. The van der Waals surface area contributed by atoms with Crippen LogP contribution in [0.15, 0.2) is 23.4 Å². The summed E-state index contributed by atoms with van der Waals surface area (Å²) in [4.78, 5) is 13.8. The van der Waals surface area contributed by atoms with Gasteiger partial charge in [-0.15, -0.1) is 0 Å². The van der Waals surface area contributed by atoms with Gasteiger partial charge in [0.1, 0.15) is 11.6 Å². The maximum absolute atomic E-state index is 12.3. The van der Waals surface area contributed by atoms with Crippen LogP contribution >= 0.6 is 0 Å². The molecule has 0 unspecified atom stereocenters. The predicted octanol–water partition coefficient (Wildman–Crippen LogP) is 1.30. The van der Waals surface area contributed by atoms with Crippen molar-refractivity contribution in [3.63, 3.8) is 0 Å². The summed E-state index contributed by atoms with van der Waals surface area (Å²) in [7, 11) is 0. The Morgan fingerprint density at radius 1 is 1.47 bits per heavy atom. The van der Waals surface area contributed by atoms with E-state index in [-0.39, 0.29) is 29.5 Å². The summed E-state index contributed by atoms with van der Waals surface area (Å²) < 4.78 is 0. The van der Waals surface area contributed by atoms with Crippen molar-refractivity contribution in [3.8, 4) is 5.75 Å². The number of nitrogens with zero attached hydrogens (tertiary/aromatic N) is 2. The molecule has 19 heavy (non-hydrogen) atoms. The van der Waals surface area contributed by atoms with Crippen LogP contribution in [0.2, 0.25) is 0 Å². The van der Waals surface area contributed by atoms with Crippen molar-refractivity contribution in [1.29, 1.82) is 0 Å². The Kier molecular flexibility index (Phi) is 5.17. The van der Waals surface area contributed by atoms with Gasteiger partial charge in [-0.25, -0.2) is 0 Å². The number of carbonyl (C=O) groups excluding carboxylic acids is 1. The summed E-state index contributed by atoms with van der Waals surface area (Å²) in [5.41, 5.74) is 6.54. The number of carbonyl (C=O) groups is 1. The van der Waals surface area contributed by atoms with E-state index in [9.17, 15) is 9.90 Å². The predicted molar refractivity (Wildman–Crippen MR) is 72.4 cm³/mol. The number of rotatable bonds is 5. The van der Waals surface area contributed by atoms with E-state index in [4.69, 9.17) is 10.9 Å². The van der Waals surface area contributed by atoms with Gasteiger partial charge in [-0.1, -0.05) is 16.8 Å². The normalized spacial score (nSPS) is 11.4. The van der Waals surface area contributed by atoms with Gasteiger partial charge in [0.15, 0.2) is 0 Å². The average Bonchev–Trinajstić information content (AvgIpc) is 2.41. The molecule has 1 amide bonds. The third kappa shape index (κ3) is 3.87. The molecule has 0 aliphatic rings. The second-order valence-electron chi connectivity index (χ2n) is 4.25. The van der Waals surface area contributed by atoms with Gasteiger partial charge in [-0.05, 0) is 26.0 Å². The number of amidine groups is 1. The first-order chi connectivity index (χ1) is 8.99. The molecule has 0 spiro atoms. The van der Waals surface area contributed by atoms with Crippen LogP contribution in [0, 0.1) is 6.92 Å². The molecule has 4 N–H and O–H groups in total. The molecule has 0 saturated carbocycles. The number of oxime groups is 1. The summed E-state index contributed by atoms with van der Waals surface area (Å²) in [6.45, 7) is 4.49. The van der Waals surface area contributed by atoms with Crippen LogP contribution in [0.4, 0.5) is 0 Å². The first kappa shape index (κ1) is 14.8. The molecular weight excluding hydrogens is 246 g/mol. The van der Waals surface area contributed by atoms with Crippen molar-refractivity contribution >= 4 is 11.7 Å². The zero-order valence-electron chi connectivity index (χ0n) is 11.1. The fraction of sp³-hybridized carbons (Fsp3) is 0.385. The Morgan fingerprint density at radius 2 is 2.16 bits per heavy atom. The number of phenolic OH excluding ortho intramolecular Hbond substituents is 1. The van der Waals surface area contributed by atoms with E-state index in [0.717, 1.165) is 5.56 Å². The van der Waals surface area contributed by atoms with Gasteiger partial charge in [0.05, 0.1) is 5.56 Å². The molecule has 0 fully saturated rings. The van der Waals surface area contributed by atoms with Gasteiger partial charge in [0, 0.05) is 19.5 Å². The van der Waals surface area contributed by atoms with Crippen LogP contribution in [-0.4, -0.2) is 40.0 Å². The SMILES string of the molecule is CCN(CCC(N)=NO)C(=O)c1cc(C)ccc1O. The topological polar surface area (TPSA) is 99.1 Å². The van der Waals surface area contributed by atoms with E-state index in [1.54, 1.807) is 12.1 Å². The lowest BCUT2D eigenvalue weighted by Gasteiger charge is -2.21. The highest BCUT2D eigenvalue weighted by Crippen LogP contribution is 2.20. The average molecular weight is 265 g/mol. The van der Waals surface area contributed by atoms with Crippen LogP contribution < -0.4 is 5.73 Å². The third-order valence-corrected chi connectivity index (χ3v) is 2.82. The molecule has 0 atom stereocenters. The van der Waals surface area contributed by atoms with E-state index in [1.165, 1.54) is 11.0 Å². The van der Waals surface area contributed by atoms with Crippen LogP contribution in [-0.2, 0) is 0 Å². The van der Waals surface area contributed by atoms with Crippen molar-refractivity contribution in [2.75, 3.05) is 13.1 Å². The summed E-state index contributed by atoms with van der Waals surface area (Å²) in [6, 6.07) is 4.88. The van der Waals surface area contributed by atoms with Crippen molar-refractivity contribution in [1.82, 2.24) is 4.90 Å². The maximum Gasteiger partial charge on any atom is 0.257 e. The zero-order chi connectivity index (χ0) is 14.4. The van der Waals surface area contributed by atoms with Crippen LogP contribution in [0.25, 0.3) is 0 Å². The Balaban J connectivity index is 2.86. The lowest BCUT2D eigenvalue weighted by atomic mass is 10.1. The van der Waals surface area contributed by atoms with Gasteiger partial charge < -0.3 is 20.9 Å². The number of amides is 1. The van der Waals surface area contributed by atoms with Gasteiger partial charge in [0.25, 0.3) is 5.91 Å². The van der Waals surface area contributed by atoms with Crippen molar-refractivity contribution < 1.29 is 15.1 Å². The number of benzene rings is 1. The number of aryl methyl sites for hydroxylation is 1. The minimum atomic E-state index is -0.269. The minimum Gasteiger partial charge on any atom is -0.507 e. The molecule has 0 aromatic heterocycles. The molecule has 0 aliphatic heterocycles. The molecule has 0 saturated heterocycles. The van der Waals surface area contributed by atoms with Crippen molar-refractivity contribution in [2.45, 2.75) is 20.3 Å². The molecule has 6 nitrogen and oxygen atoms in total. The fourth-order valence-corrected chi connectivity index (χ4v) is 1.69. The summed E-state index contributed by atoms with van der Waals surface area (Å²) in [5.74, 6) is -0.244. The lowest BCUT2D eigenvalue weighted by Crippen LogP contribution is -2.34. The molecule has 104 valence electrons. The highest BCUT2D eigenvalue weighted by molar-refractivity contribution is 5.97. The van der Waals surface area contributed by atoms with Crippen molar-refractivity contribution in [3.05, 3.63) is 29.3 Å². The standard InChI is InChI=1S/C13H19N3O3/c1-3-16(7-6-12(14)15-19)13(18)10-8-9(2)4-5-11(10)17/h4-5,8,17,19H,3,6-7H2,1-2H3,(H2,14,15). The van der Waals surface area contributed by atoms with Crippen molar-refractivity contribution in [2.24, 2.45) is 10.9 Å². The molecule has 1 aromatic carbocycles.